The molecular weight excluding hydrogens is 284 g/mol. The fourth-order valence-electron chi connectivity index (χ4n) is 3.67. The quantitative estimate of drug-likeness (QED) is 0.811. The third-order valence-electron chi connectivity index (χ3n) is 5.25. The summed E-state index contributed by atoms with van der Waals surface area (Å²) < 4.78 is 0. The van der Waals surface area contributed by atoms with Crippen LogP contribution >= 0.6 is 12.4 Å². The smallest absolute Gasteiger partial charge is 0.222 e. The van der Waals surface area contributed by atoms with Crippen molar-refractivity contribution in [1.29, 1.82) is 0 Å². The van der Waals surface area contributed by atoms with E-state index in [0.717, 1.165) is 44.3 Å². The van der Waals surface area contributed by atoms with Gasteiger partial charge in [0.2, 0.25) is 5.91 Å². The van der Waals surface area contributed by atoms with Gasteiger partial charge in [-0.05, 0) is 50.6 Å². The van der Waals surface area contributed by atoms with E-state index in [0.29, 0.717) is 5.91 Å². The molecule has 0 atom stereocenters. The van der Waals surface area contributed by atoms with Crippen molar-refractivity contribution in [3.05, 3.63) is 0 Å². The van der Waals surface area contributed by atoms with Gasteiger partial charge in [0.25, 0.3) is 0 Å². The summed E-state index contributed by atoms with van der Waals surface area (Å²) >= 11 is 0. The Balaban J connectivity index is 0.00000220. The highest BCUT2D eigenvalue weighted by Gasteiger charge is 2.18. The molecule has 1 heterocycles. The van der Waals surface area contributed by atoms with Gasteiger partial charge in [0.15, 0.2) is 0 Å². The minimum Gasteiger partial charge on any atom is -0.346 e. The number of hydrogen-bond acceptors (Lipinski definition) is 2. The molecule has 1 amide bonds. The van der Waals surface area contributed by atoms with Crippen molar-refractivity contribution in [2.75, 3.05) is 26.7 Å². The molecule has 1 saturated heterocycles. The number of rotatable bonds is 6. The lowest BCUT2D eigenvalue weighted by Crippen LogP contribution is -2.31. The van der Waals surface area contributed by atoms with Crippen molar-refractivity contribution in [3.63, 3.8) is 0 Å². The molecule has 1 aliphatic carbocycles. The zero-order chi connectivity index (χ0) is 14.2. The molecule has 1 N–H and O–H groups in total. The van der Waals surface area contributed by atoms with E-state index in [-0.39, 0.29) is 12.4 Å². The van der Waals surface area contributed by atoms with E-state index in [9.17, 15) is 4.79 Å². The second kappa shape index (κ2) is 10.4. The van der Waals surface area contributed by atoms with E-state index in [2.05, 4.69) is 5.32 Å². The molecule has 0 aromatic heterocycles. The molecule has 1 saturated carbocycles. The second-order valence-electron chi connectivity index (χ2n) is 6.84. The lowest BCUT2D eigenvalue weighted by molar-refractivity contribution is -0.130. The van der Waals surface area contributed by atoms with Gasteiger partial charge in [-0.15, -0.1) is 12.4 Å². The maximum absolute atomic E-state index is 12.2. The number of hydrogen-bond donors (Lipinski definition) is 1. The molecule has 2 aliphatic rings. The van der Waals surface area contributed by atoms with Gasteiger partial charge in [0, 0.05) is 20.0 Å². The molecular formula is C17H33ClN2O. The maximum Gasteiger partial charge on any atom is 0.222 e. The van der Waals surface area contributed by atoms with E-state index in [1.807, 2.05) is 11.9 Å². The van der Waals surface area contributed by atoms with Crippen LogP contribution in [0.1, 0.15) is 64.2 Å². The van der Waals surface area contributed by atoms with Gasteiger partial charge in [0.1, 0.15) is 0 Å². The maximum atomic E-state index is 12.2. The molecule has 2 fully saturated rings. The molecule has 0 aromatic rings. The molecule has 0 spiro atoms. The Morgan fingerprint density at radius 1 is 1.00 bits per heavy atom. The van der Waals surface area contributed by atoms with E-state index in [4.69, 9.17) is 0 Å². The van der Waals surface area contributed by atoms with E-state index >= 15 is 0 Å². The van der Waals surface area contributed by atoms with Crippen LogP contribution in [0.2, 0.25) is 0 Å². The summed E-state index contributed by atoms with van der Waals surface area (Å²) in [6.07, 6.45) is 12.6. The average Bonchev–Trinajstić information content (AvgIpc) is 2.52. The first kappa shape index (κ1) is 18.8. The lowest BCUT2D eigenvalue weighted by Gasteiger charge is -2.26. The first-order chi connectivity index (χ1) is 9.75. The van der Waals surface area contributed by atoms with Crippen LogP contribution < -0.4 is 5.32 Å². The standard InChI is InChI=1S/C17H32N2O.ClH/c1-19(14-11-15-5-3-2-4-6-15)17(20)8-7-16-9-12-18-13-10-16;/h15-16,18H,2-14H2,1H3;1H. The molecule has 0 aromatic carbocycles. The van der Waals surface area contributed by atoms with E-state index in [1.54, 1.807) is 0 Å². The Labute approximate surface area is 136 Å². The van der Waals surface area contributed by atoms with Gasteiger partial charge < -0.3 is 10.2 Å². The fourth-order valence-corrected chi connectivity index (χ4v) is 3.67. The van der Waals surface area contributed by atoms with Crippen LogP contribution in [0.4, 0.5) is 0 Å². The Morgan fingerprint density at radius 3 is 2.29 bits per heavy atom. The van der Waals surface area contributed by atoms with Gasteiger partial charge in [0.05, 0.1) is 0 Å². The highest BCUT2D eigenvalue weighted by molar-refractivity contribution is 5.85. The summed E-state index contributed by atoms with van der Waals surface area (Å²) in [7, 11) is 1.99. The highest BCUT2D eigenvalue weighted by Crippen LogP contribution is 2.26. The van der Waals surface area contributed by atoms with Gasteiger partial charge >= 0.3 is 0 Å². The molecule has 1 aliphatic heterocycles. The van der Waals surface area contributed by atoms with Crippen LogP contribution in [0.25, 0.3) is 0 Å². The van der Waals surface area contributed by atoms with Crippen LogP contribution in [0.3, 0.4) is 0 Å². The van der Waals surface area contributed by atoms with Crippen molar-refractivity contribution in [2.24, 2.45) is 11.8 Å². The Kier molecular flexibility index (Phi) is 9.34. The SMILES string of the molecule is CN(CCC1CCCCC1)C(=O)CCC1CCNCC1.Cl. The summed E-state index contributed by atoms with van der Waals surface area (Å²) in [6, 6.07) is 0. The van der Waals surface area contributed by atoms with Gasteiger partial charge in [-0.25, -0.2) is 0 Å². The summed E-state index contributed by atoms with van der Waals surface area (Å²) in [6.45, 7) is 3.24. The van der Waals surface area contributed by atoms with Gasteiger partial charge in [-0.3, -0.25) is 4.79 Å². The number of carbonyl (C=O) groups excluding carboxylic acids is 1. The minimum atomic E-state index is 0. The molecule has 3 nitrogen and oxygen atoms in total. The third-order valence-corrected chi connectivity index (χ3v) is 5.25. The number of piperidine rings is 1. The minimum absolute atomic E-state index is 0. The Bertz CT molecular complexity index is 287. The molecule has 0 unspecified atom stereocenters. The Hall–Kier alpha value is -0.280. The monoisotopic (exact) mass is 316 g/mol. The van der Waals surface area contributed by atoms with Gasteiger partial charge in [-0.2, -0.15) is 0 Å². The van der Waals surface area contributed by atoms with Crippen LogP contribution in [0.15, 0.2) is 0 Å². The topological polar surface area (TPSA) is 32.3 Å². The zero-order valence-corrected chi connectivity index (χ0v) is 14.4. The third kappa shape index (κ3) is 7.01. The summed E-state index contributed by atoms with van der Waals surface area (Å²) in [5.74, 6) is 2.01. The number of nitrogens with one attached hydrogen (secondary N) is 1. The molecule has 2 rings (SSSR count). The Morgan fingerprint density at radius 2 is 1.62 bits per heavy atom. The lowest BCUT2D eigenvalue weighted by atomic mass is 9.87. The van der Waals surface area contributed by atoms with Crippen LogP contribution in [0.5, 0.6) is 0 Å². The predicted octanol–water partition coefficient (Wildman–Crippen LogP) is 3.62. The number of nitrogens with zero attached hydrogens (tertiary/aromatic N) is 1. The molecule has 124 valence electrons. The van der Waals surface area contributed by atoms with E-state index < -0.39 is 0 Å². The number of carbonyl (C=O) groups is 1. The predicted molar refractivity (Wildman–Crippen MR) is 90.9 cm³/mol. The summed E-state index contributed by atoms with van der Waals surface area (Å²) in [5.41, 5.74) is 0. The molecule has 0 bridgehead atoms. The normalized spacial score (nSPS) is 20.8. The van der Waals surface area contributed by atoms with Crippen molar-refractivity contribution in [2.45, 2.75) is 64.2 Å². The molecule has 21 heavy (non-hydrogen) atoms. The summed E-state index contributed by atoms with van der Waals surface area (Å²) in [5, 5.41) is 3.39. The molecule has 4 heteroatoms. The highest BCUT2D eigenvalue weighted by atomic mass is 35.5. The largest absolute Gasteiger partial charge is 0.346 e. The van der Waals surface area contributed by atoms with Crippen LogP contribution in [-0.2, 0) is 4.79 Å². The fraction of sp³-hybridized carbons (Fsp3) is 0.941. The van der Waals surface area contributed by atoms with Crippen LogP contribution in [-0.4, -0.2) is 37.5 Å². The van der Waals surface area contributed by atoms with Crippen molar-refractivity contribution in [3.8, 4) is 0 Å². The van der Waals surface area contributed by atoms with Crippen molar-refractivity contribution < 1.29 is 4.79 Å². The summed E-state index contributed by atoms with van der Waals surface area (Å²) in [4.78, 5) is 14.2. The van der Waals surface area contributed by atoms with E-state index in [1.165, 1.54) is 51.4 Å². The average molecular weight is 317 g/mol. The number of halogens is 1. The van der Waals surface area contributed by atoms with Crippen molar-refractivity contribution in [1.82, 2.24) is 10.2 Å². The van der Waals surface area contributed by atoms with Gasteiger partial charge in [-0.1, -0.05) is 32.1 Å². The number of amides is 1. The van der Waals surface area contributed by atoms with Crippen molar-refractivity contribution >= 4 is 18.3 Å². The first-order valence-corrected chi connectivity index (χ1v) is 8.70. The second-order valence-corrected chi connectivity index (χ2v) is 6.84. The zero-order valence-electron chi connectivity index (χ0n) is 13.6. The molecule has 0 radical (unpaired) electrons. The first-order valence-electron chi connectivity index (χ1n) is 8.70. The van der Waals surface area contributed by atoms with Crippen LogP contribution in [0, 0.1) is 11.8 Å².